The van der Waals surface area contributed by atoms with Gasteiger partial charge in [0, 0.05) is 17.3 Å². The fourth-order valence-corrected chi connectivity index (χ4v) is 2.77. The van der Waals surface area contributed by atoms with Gasteiger partial charge < -0.3 is 10.3 Å². The minimum atomic E-state index is -0.380. The Labute approximate surface area is 132 Å². The lowest BCUT2D eigenvalue weighted by atomic mass is 9.98. The topological polar surface area (TPSA) is 48.0 Å². The molecule has 0 saturated heterocycles. The number of nitrogens with two attached hydrogens (primary N) is 1. The summed E-state index contributed by atoms with van der Waals surface area (Å²) in [6.07, 6.45) is 1.92. The van der Waals surface area contributed by atoms with E-state index in [0.717, 1.165) is 24.1 Å². The molecule has 0 spiro atoms. The summed E-state index contributed by atoms with van der Waals surface area (Å²) in [5.74, 6) is 0. The Morgan fingerprint density at radius 3 is 2.27 bits per heavy atom. The van der Waals surface area contributed by atoms with Gasteiger partial charge in [0.25, 0.3) is 5.56 Å². The minimum absolute atomic E-state index is 0.0291. The molecule has 2 unspecified atom stereocenters. The van der Waals surface area contributed by atoms with E-state index in [9.17, 15) is 4.79 Å². The maximum absolute atomic E-state index is 12.8. The van der Waals surface area contributed by atoms with Crippen LogP contribution in [-0.2, 0) is 6.42 Å². The Morgan fingerprint density at radius 2 is 1.73 bits per heavy atom. The molecule has 3 heteroatoms. The van der Waals surface area contributed by atoms with Crippen LogP contribution in [0.2, 0.25) is 0 Å². The molecule has 0 aliphatic rings. The van der Waals surface area contributed by atoms with Crippen molar-refractivity contribution < 1.29 is 0 Å². The molecule has 0 amide bonds. The molecule has 0 fully saturated rings. The predicted molar refractivity (Wildman–Crippen MR) is 92.3 cm³/mol. The lowest BCUT2D eigenvalue weighted by Crippen LogP contribution is -2.31. The third kappa shape index (κ3) is 3.14. The zero-order valence-corrected chi connectivity index (χ0v) is 14.0. The normalized spacial score (nSPS) is 13.9. The molecule has 22 heavy (non-hydrogen) atoms. The molecular formula is C19H26N2O. The maximum atomic E-state index is 12.8. The molecule has 0 aliphatic heterocycles. The van der Waals surface area contributed by atoms with Crippen LogP contribution in [0.25, 0.3) is 0 Å². The Bertz CT molecular complexity index is 686. The second kappa shape index (κ2) is 6.93. The zero-order chi connectivity index (χ0) is 16.3. The molecule has 2 aromatic rings. The highest BCUT2D eigenvalue weighted by Crippen LogP contribution is 2.19. The van der Waals surface area contributed by atoms with Crippen molar-refractivity contribution in [1.82, 2.24) is 4.57 Å². The predicted octanol–water partition coefficient (Wildman–Crippen LogP) is 3.74. The van der Waals surface area contributed by atoms with Crippen LogP contribution in [0.3, 0.4) is 0 Å². The van der Waals surface area contributed by atoms with E-state index in [2.05, 4.69) is 32.9 Å². The van der Waals surface area contributed by atoms with Crippen molar-refractivity contribution in [1.29, 1.82) is 0 Å². The standard InChI is InChI=1S/C19H26N2O/c1-5-13(3)21-14(4)7-12-17(19(21)22)18(20)16-10-8-15(6-2)9-11-16/h7-13,18H,5-6,20H2,1-4H3. The summed E-state index contributed by atoms with van der Waals surface area (Å²) < 4.78 is 1.86. The molecule has 2 N–H and O–H groups in total. The van der Waals surface area contributed by atoms with Crippen molar-refractivity contribution in [2.45, 2.75) is 52.6 Å². The Balaban J connectivity index is 2.45. The molecule has 0 radical (unpaired) electrons. The first-order valence-electron chi connectivity index (χ1n) is 8.06. The van der Waals surface area contributed by atoms with E-state index in [0.29, 0.717) is 5.56 Å². The highest BCUT2D eigenvalue weighted by molar-refractivity contribution is 5.33. The Kier molecular flexibility index (Phi) is 5.19. The molecule has 0 bridgehead atoms. The summed E-state index contributed by atoms with van der Waals surface area (Å²) in [5.41, 5.74) is 10.3. The highest BCUT2D eigenvalue weighted by atomic mass is 16.1. The van der Waals surface area contributed by atoms with E-state index < -0.39 is 0 Å². The van der Waals surface area contributed by atoms with E-state index in [1.165, 1.54) is 5.56 Å². The van der Waals surface area contributed by atoms with Crippen LogP contribution in [0.4, 0.5) is 0 Å². The fourth-order valence-electron chi connectivity index (χ4n) is 2.77. The molecule has 0 saturated carbocycles. The number of nitrogens with zero attached hydrogens (tertiary/aromatic N) is 1. The van der Waals surface area contributed by atoms with Gasteiger partial charge in [-0.3, -0.25) is 4.79 Å². The molecule has 118 valence electrons. The van der Waals surface area contributed by atoms with Crippen LogP contribution in [0.5, 0.6) is 0 Å². The van der Waals surface area contributed by atoms with Gasteiger partial charge in [0.15, 0.2) is 0 Å². The van der Waals surface area contributed by atoms with E-state index in [-0.39, 0.29) is 17.6 Å². The minimum Gasteiger partial charge on any atom is -0.320 e. The number of aromatic nitrogens is 1. The first kappa shape index (κ1) is 16.5. The quantitative estimate of drug-likeness (QED) is 0.914. The summed E-state index contributed by atoms with van der Waals surface area (Å²) in [6, 6.07) is 11.9. The van der Waals surface area contributed by atoms with Gasteiger partial charge in [-0.2, -0.15) is 0 Å². The monoisotopic (exact) mass is 298 g/mol. The van der Waals surface area contributed by atoms with E-state index >= 15 is 0 Å². The van der Waals surface area contributed by atoms with Gasteiger partial charge in [-0.1, -0.05) is 38.1 Å². The van der Waals surface area contributed by atoms with Gasteiger partial charge in [0.2, 0.25) is 0 Å². The summed E-state index contributed by atoms with van der Waals surface area (Å²) >= 11 is 0. The molecule has 1 aromatic carbocycles. The second-order valence-corrected chi connectivity index (χ2v) is 5.94. The highest BCUT2D eigenvalue weighted by Gasteiger charge is 2.17. The molecule has 1 heterocycles. The number of aryl methyl sites for hydroxylation is 2. The fraction of sp³-hybridized carbons (Fsp3) is 0.421. The van der Waals surface area contributed by atoms with Gasteiger partial charge in [-0.05, 0) is 49.9 Å². The molecule has 0 aliphatic carbocycles. The number of rotatable bonds is 5. The third-order valence-corrected chi connectivity index (χ3v) is 4.46. The number of hydrogen-bond donors (Lipinski definition) is 1. The van der Waals surface area contributed by atoms with Gasteiger partial charge in [0.1, 0.15) is 0 Å². The largest absolute Gasteiger partial charge is 0.320 e. The zero-order valence-electron chi connectivity index (χ0n) is 14.0. The number of benzene rings is 1. The molecule has 3 nitrogen and oxygen atoms in total. The van der Waals surface area contributed by atoms with Crippen LogP contribution in [0.1, 0.15) is 61.7 Å². The molecule has 2 atom stereocenters. The summed E-state index contributed by atoms with van der Waals surface area (Å²) in [4.78, 5) is 12.8. The SMILES string of the molecule is CCc1ccc(C(N)c2ccc(C)n(C(C)CC)c2=O)cc1. The van der Waals surface area contributed by atoms with Crippen molar-refractivity contribution in [3.05, 3.63) is 69.1 Å². The summed E-state index contributed by atoms with van der Waals surface area (Å²) in [6.45, 7) is 8.25. The summed E-state index contributed by atoms with van der Waals surface area (Å²) in [7, 11) is 0. The smallest absolute Gasteiger partial charge is 0.256 e. The van der Waals surface area contributed by atoms with Crippen LogP contribution >= 0.6 is 0 Å². The van der Waals surface area contributed by atoms with Gasteiger partial charge in [-0.25, -0.2) is 0 Å². The first-order valence-corrected chi connectivity index (χ1v) is 8.06. The third-order valence-electron chi connectivity index (χ3n) is 4.46. The van der Waals surface area contributed by atoms with E-state index in [1.807, 2.05) is 35.8 Å². The lowest BCUT2D eigenvalue weighted by Gasteiger charge is -2.20. The van der Waals surface area contributed by atoms with Gasteiger partial charge in [-0.15, -0.1) is 0 Å². The molecule has 1 aromatic heterocycles. The average Bonchev–Trinajstić information content (AvgIpc) is 2.54. The van der Waals surface area contributed by atoms with Crippen molar-refractivity contribution in [2.24, 2.45) is 5.73 Å². The number of hydrogen-bond acceptors (Lipinski definition) is 2. The van der Waals surface area contributed by atoms with Crippen LogP contribution in [0, 0.1) is 6.92 Å². The van der Waals surface area contributed by atoms with Crippen LogP contribution in [-0.4, -0.2) is 4.57 Å². The number of pyridine rings is 1. The summed E-state index contributed by atoms with van der Waals surface area (Å²) in [5, 5.41) is 0. The Hall–Kier alpha value is -1.87. The van der Waals surface area contributed by atoms with Crippen molar-refractivity contribution in [3.63, 3.8) is 0 Å². The van der Waals surface area contributed by atoms with Crippen LogP contribution in [0.15, 0.2) is 41.2 Å². The molecule has 2 rings (SSSR count). The van der Waals surface area contributed by atoms with E-state index in [4.69, 9.17) is 5.73 Å². The van der Waals surface area contributed by atoms with Gasteiger partial charge >= 0.3 is 0 Å². The second-order valence-electron chi connectivity index (χ2n) is 5.94. The van der Waals surface area contributed by atoms with Crippen LogP contribution < -0.4 is 11.3 Å². The first-order chi connectivity index (χ1) is 10.5. The average molecular weight is 298 g/mol. The van der Waals surface area contributed by atoms with Crippen molar-refractivity contribution in [2.75, 3.05) is 0 Å². The Morgan fingerprint density at radius 1 is 1.09 bits per heavy atom. The van der Waals surface area contributed by atoms with Gasteiger partial charge in [0.05, 0.1) is 6.04 Å². The lowest BCUT2D eigenvalue weighted by molar-refractivity contribution is 0.497. The van der Waals surface area contributed by atoms with Crippen molar-refractivity contribution in [3.8, 4) is 0 Å². The maximum Gasteiger partial charge on any atom is 0.256 e. The van der Waals surface area contributed by atoms with E-state index in [1.54, 1.807) is 0 Å². The molecular weight excluding hydrogens is 272 g/mol. The van der Waals surface area contributed by atoms with Crippen molar-refractivity contribution >= 4 is 0 Å².